The van der Waals surface area contributed by atoms with Crippen LogP contribution in [0.15, 0.2) is 66.3 Å². The number of aryl methyl sites for hydroxylation is 1. The molecule has 2 heterocycles. The molecule has 5 nitrogen and oxygen atoms in total. The molecular formula is C21H15F3N4OS. The molecule has 0 spiro atoms. The van der Waals surface area contributed by atoms with Gasteiger partial charge in [0, 0.05) is 34.6 Å². The normalized spacial score (nSPS) is 11.5. The van der Waals surface area contributed by atoms with Crippen LogP contribution in [0.2, 0.25) is 0 Å². The molecule has 0 aliphatic carbocycles. The average Bonchev–Trinajstić information content (AvgIpc) is 3.39. The Kier molecular flexibility index (Phi) is 5.13. The van der Waals surface area contributed by atoms with Gasteiger partial charge in [-0.2, -0.15) is 18.3 Å². The summed E-state index contributed by atoms with van der Waals surface area (Å²) >= 11 is 1.48. The third-order valence-electron chi connectivity index (χ3n) is 4.34. The quantitative estimate of drug-likeness (QED) is 0.462. The Morgan fingerprint density at radius 1 is 1.13 bits per heavy atom. The number of rotatable bonds is 4. The van der Waals surface area contributed by atoms with Crippen molar-refractivity contribution < 1.29 is 18.0 Å². The number of benzene rings is 2. The highest BCUT2D eigenvalue weighted by Gasteiger charge is 2.34. The monoisotopic (exact) mass is 428 g/mol. The van der Waals surface area contributed by atoms with Gasteiger partial charge in [-0.1, -0.05) is 12.1 Å². The first-order valence-corrected chi connectivity index (χ1v) is 9.74. The summed E-state index contributed by atoms with van der Waals surface area (Å²) in [7, 11) is 0. The van der Waals surface area contributed by atoms with Crippen molar-refractivity contribution in [1.82, 2.24) is 14.8 Å². The summed E-state index contributed by atoms with van der Waals surface area (Å²) in [5, 5.41) is 9.04. The van der Waals surface area contributed by atoms with Crippen molar-refractivity contribution >= 4 is 22.9 Å². The molecule has 0 radical (unpaired) electrons. The summed E-state index contributed by atoms with van der Waals surface area (Å²) in [4.78, 5) is 16.9. The summed E-state index contributed by atoms with van der Waals surface area (Å²) in [5.74, 6) is -0.630. The zero-order valence-corrected chi connectivity index (χ0v) is 16.5. The second kappa shape index (κ2) is 7.75. The molecule has 9 heteroatoms. The van der Waals surface area contributed by atoms with E-state index in [0.29, 0.717) is 0 Å². The molecule has 0 aliphatic rings. The molecule has 30 heavy (non-hydrogen) atoms. The molecule has 0 fully saturated rings. The van der Waals surface area contributed by atoms with Gasteiger partial charge < -0.3 is 5.32 Å². The molecule has 1 amide bonds. The number of thiazole rings is 1. The van der Waals surface area contributed by atoms with Crippen molar-refractivity contribution in [2.24, 2.45) is 0 Å². The van der Waals surface area contributed by atoms with Crippen LogP contribution < -0.4 is 5.32 Å². The Balaban J connectivity index is 1.59. The van der Waals surface area contributed by atoms with Crippen molar-refractivity contribution in [3.05, 3.63) is 83.1 Å². The Morgan fingerprint density at radius 2 is 1.90 bits per heavy atom. The molecule has 4 rings (SSSR count). The van der Waals surface area contributed by atoms with E-state index in [1.165, 1.54) is 34.3 Å². The molecule has 0 saturated carbocycles. The van der Waals surface area contributed by atoms with Crippen LogP contribution in [0.4, 0.5) is 18.9 Å². The Morgan fingerprint density at radius 3 is 2.50 bits per heavy atom. The van der Waals surface area contributed by atoms with Crippen LogP contribution in [0.1, 0.15) is 21.6 Å². The number of hydrogen-bond acceptors (Lipinski definition) is 4. The highest BCUT2D eigenvalue weighted by Crippen LogP contribution is 2.36. The number of hydrogen-bond donors (Lipinski definition) is 1. The summed E-state index contributed by atoms with van der Waals surface area (Å²) < 4.78 is 42.1. The molecule has 152 valence electrons. The third-order valence-corrected chi connectivity index (χ3v) is 5.35. The molecule has 1 N–H and O–H groups in total. The van der Waals surface area contributed by atoms with Crippen LogP contribution in [-0.4, -0.2) is 20.7 Å². The fourth-order valence-electron chi connectivity index (χ4n) is 2.89. The smallest absolute Gasteiger partial charge is 0.321 e. The molecular weight excluding hydrogens is 413 g/mol. The second-order valence-corrected chi connectivity index (χ2v) is 7.36. The minimum Gasteiger partial charge on any atom is -0.321 e. The lowest BCUT2D eigenvalue weighted by Crippen LogP contribution is -2.17. The number of amides is 1. The van der Waals surface area contributed by atoms with Crippen LogP contribution in [0.25, 0.3) is 16.3 Å². The Bertz CT molecular complexity index is 1180. The highest BCUT2D eigenvalue weighted by atomic mass is 32.1. The minimum absolute atomic E-state index is 0.244. The van der Waals surface area contributed by atoms with E-state index < -0.39 is 17.6 Å². The second-order valence-electron chi connectivity index (χ2n) is 6.50. The number of anilines is 1. The number of alkyl halides is 3. The molecule has 2 aromatic heterocycles. The van der Waals surface area contributed by atoms with E-state index in [9.17, 15) is 18.0 Å². The lowest BCUT2D eigenvalue weighted by atomic mass is 10.1. The molecule has 0 saturated heterocycles. The fraction of sp³-hybridized carbons (Fsp3) is 0.0952. The van der Waals surface area contributed by atoms with Crippen LogP contribution in [0.3, 0.4) is 0 Å². The fourth-order valence-corrected chi connectivity index (χ4v) is 3.69. The first-order chi connectivity index (χ1) is 14.3. The standard InChI is InChI=1S/C21H15F3N4OS/c1-13-12-30-20(26-13)15-5-3-14(4-6-15)19(29)27-18-8-7-16(28-10-2-9-25-28)11-17(18)21(22,23)24/h2-12H,1H3,(H,27,29). The largest absolute Gasteiger partial charge is 0.418 e. The van der Waals surface area contributed by atoms with Crippen LogP contribution in [0.5, 0.6) is 0 Å². The maximum absolute atomic E-state index is 13.6. The first kappa shape index (κ1) is 19.8. The van der Waals surface area contributed by atoms with Crippen molar-refractivity contribution in [3.8, 4) is 16.3 Å². The predicted molar refractivity (Wildman–Crippen MR) is 109 cm³/mol. The number of carbonyl (C=O) groups excluding carboxylic acids is 1. The molecule has 0 atom stereocenters. The summed E-state index contributed by atoms with van der Waals surface area (Å²) in [5.41, 5.74) is 0.964. The van der Waals surface area contributed by atoms with E-state index >= 15 is 0 Å². The highest BCUT2D eigenvalue weighted by molar-refractivity contribution is 7.13. The summed E-state index contributed by atoms with van der Waals surface area (Å²) in [6.45, 7) is 1.89. The lowest BCUT2D eigenvalue weighted by molar-refractivity contribution is -0.136. The maximum atomic E-state index is 13.6. The van der Waals surface area contributed by atoms with Gasteiger partial charge in [-0.25, -0.2) is 9.67 Å². The first-order valence-electron chi connectivity index (χ1n) is 8.86. The van der Waals surface area contributed by atoms with Crippen LogP contribution in [-0.2, 0) is 6.18 Å². The topological polar surface area (TPSA) is 59.8 Å². The van der Waals surface area contributed by atoms with E-state index in [0.717, 1.165) is 22.3 Å². The number of carbonyl (C=O) groups is 1. The Labute approximate surface area is 173 Å². The summed E-state index contributed by atoms with van der Waals surface area (Å²) in [6, 6.07) is 11.8. The number of nitrogens with one attached hydrogen (secondary N) is 1. The van der Waals surface area contributed by atoms with Crippen LogP contribution >= 0.6 is 11.3 Å². The van der Waals surface area contributed by atoms with Gasteiger partial charge in [-0.05, 0) is 43.3 Å². The zero-order chi connectivity index (χ0) is 21.3. The van der Waals surface area contributed by atoms with E-state index in [4.69, 9.17) is 0 Å². The van der Waals surface area contributed by atoms with Gasteiger partial charge in [-0.15, -0.1) is 11.3 Å². The number of aromatic nitrogens is 3. The molecule has 0 unspecified atom stereocenters. The van der Waals surface area contributed by atoms with Crippen molar-refractivity contribution in [2.75, 3.05) is 5.32 Å². The third kappa shape index (κ3) is 4.11. The van der Waals surface area contributed by atoms with Crippen molar-refractivity contribution in [3.63, 3.8) is 0 Å². The van der Waals surface area contributed by atoms with Crippen LogP contribution in [0, 0.1) is 6.92 Å². The predicted octanol–water partition coefficient (Wildman–Crippen LogP) is 5.58. The number of nitrogens with zero attached hydrogens (tertiary/aromatic N) is 3. The maximum Gasteiger partial charge on any atom is 0.418 e. The van der Waals surface area contributed by atoms with E-state index in [-0.39, 0.29) is 16.9 Å². The van der Waals surface area contributed by atoms with Gasteiger partial charge in [-0.3, -0.25) is 4.79 Å². The van der Waals surface area contributed by atoms with E-state index in [2.05, 4.69) is 15.4 Å². The average molecular weight is 428 g/mol. The van der Waals surface area contributed by atoms with E-state index in [1.54, 1.807) is 36.5 Å². The zero-order valence-electron chi connectivity index (χ0n) is 15.6. The van der Waals surface area contributed by atoms with Gasteiger partial charge in [0.25, 0.3) is 5.91 Å². The van der Waals surface area contributed by atoms with Gasteiger partial charge in [0.1, 0.15) is 5.01 Å². The van der Waals surface area contributed by atoms with Gasteiger partial charge >= 0.3 is 6.18 Å². The number of halogens is 3. The van der Waals surface area contributed by atoms with Crippen molar-refractivity contribution in [1.29, 1.82) is 0 Å². The van der Waals surface area contributed by atoms with Gasteiger partial charge in [0.15, 0.2) is 0 Å². The van der Waals surface area contributed by atoms with E-state index in [1.807, 2.05) is 12.3 Å². The van der Waals surface area contributed by atoms with Gasteiger partial charge in [0.2, 0.25) is 0 Å². The SMILES string of the molecule is Cc1csc(-c2ccc(C(=O)Nc3ccc(-n4cccn4)cc3C(F)(F)F)cc2)n1. The molecule has 0 aliphatic heterocycles. The molecule has 4 aromatic rings. The van der Waals surface area contributed by atoms with Gasteiger partial charge in [0.05, 0.1) is 16.9 Å². The molecule has 0 bridgehead atoms. The Hall–Kier alpha value is -3.46. The summed E-state index contributed by atoms with van der Waals surface area (Å²) in [6.07, 6.45) is -1.63. The van der Waals surface area contributed by atoms with Crippen molar-refractivity contribution in [2.45, 2.75) is 13.1 Å². The lowest BCUT2D eigenvalue weighted by Gasteiger charge is -2.15. The molecule has 2 aromatic carbocycles. The minimum atomic E-state index is -4.64.